The molecule has 3 heteroatoms. The molecule has 0 N–H and O–H groups in total. The van der Waals surface area contributed by atoms with Crippen molar-refractivity contribution in [2.24, 2.45) is 5.41 Å². The minimum absolute atomic E-state index is 0.214. The number of hydrogen-bond acceptors (Lipinski definition) is 3. The van der Waals surface area contributed by atoms with Crippen molar-refractivity contribution in [2.45, 2.75) is 25.7 Å². The Morgan fingerprint density at radius 1 is 1.29 bits per heavy atom. The van der Waals surface area contributed by atoms with Crippen molar-refractivity contribution < 1.29 is 4.74 Å². The monoisotopic (exact) mass is 247 g/mol. The van der Waals surface area contributed by atoms with Crippen LogP contribution in [-0.4, -0.2) is 12.4 Å². The molecule has 0 saturated heterocycles. The van der Waals surface area contributed by atoms with Crippen LogP contribution >= 0.6 is 12.6 Å². The molecule has 2 rings (SSSR count). The summed E-state index contributed by atoms with van der Waals surface area (Å²) in [4.78, 5) is 0. The van der Waals surface area contributed by atoms with Gasteiger partial charge in [0.05, 0.1) is 12.2 Å². The number of nitriles is 1. The molecule has 90 valence electrons. The Hall–Kier alpha value is -1.14. The second kappa shape index (κ2) is 5.46. The minimum Gasteiger partial charge on any atom is -0.492 e. The lowest BCUT2D eigenvalue weighted by Gasteiger charge is -2.26. The molecule has 0 aliphatic heterocycles. The van der Waals surface area contributed by atoms with Crippen LogP contribution in [0.25, 0.3) is 0 Å². The molecule has 2 nitrogen and oxygen atoms in total. The number of benzene rings is 1. The number of rotatable bonds is 4. The number of hydrogen-bond donors (Lipinski definition) is 1. The SMILES string of the molecule is N#Cc1ccccc1OCC1(CS)CCCC1. The first-order valence-corrected chi connectivity index (χ1v) is 6.66. The van der Waals surface area contributed by atoms with Crippen LogP contribution in [0.3, 0.4) is 0 Å². The Bertz CT molecular complexity index is 418. The number of thiol groups is 1. The average molecular weight is 247 g/mol. The smallest absolute Gasteiger partial charge is 0.137 e. The predicted octanol–water partition coefficient (Wildman–Crippen LogP) is 3.43. The number of para-hydroxylation sites is 1. The zero-order valence-corrected chi connectivity index (χ0v) is 10.7. The summed E-state index contributed by atoms with van der Waals surface area (Å²) in [5, 5.41) is 8.99. The van der Waals surface area contributed by atoms with Gasteiger partial charge in [0.2, 0.25) is 0 Å². The van der Waals surface area contributed by atoms with E-state index in [0.29, 0.717) is 17.9 Å². The van der Waals surface area contributed by atoms with Crippen LogP contribution in [0.5, 0.6) is 5.75 Å². The summed E-state index contributed by atoms with van der Waals surface area (Å²) in [5.74, 6) is 1.56. The predicted molar refractivity (Wildman–Crippen MR) is 71.4 cm³/mol. The minimum atomic E-state index is 0.214. The summed E-state index contributed by atoms with van der Waals surface area (Å²) >= 11 is 4.45. The molecular weight excluding hydrogens is 230 g/mol. The Balaban J connectivity index is 2.04. The highest BCUT2D eigenvalue weighted by molar-refractivity contribution is 7.80. The topological polar surface area (TPSA) is 33.0 Å². The Kier molecular flexibility index (Phi) is 3.96. The fourth-order valence-corrected chi connectivity index (χ4v) is 2.80. The van der Waals surface area contributed by atoms with Gasteiger partial charge >= 0.3 is 0 Å². The van der Waals surface area contributed by atoms with Gasteiger partial charge in [0.15, 0.2) is 0 Å². The number of nitrogens with zero attached hydrogens (tertiary/aromatic N) is 1. The van der Waals surface area contributed by atoms with Crippen molar-refractivity contribution in [2.75, 3.05) is 12.4 Å². The maximum Gasteiger partial charge on any atom is 0.137 e. The lowest BCUT2D eigenvalue weighted by atomic mass is 9.90. The Morgan fingerprint density at radius 3 is 2.65 bits per heavy atom. The van der Waals surface area contributed by atoms with Gasteiger partial charge in [-0.15, -0.1) is 0 Å². The van der Waals surface area contributed by atoms with Crippen LogP contribution in [-0.2, 0) is 0 Å². The van der Waals surface area contributed by atoms with Crippen molar-refractivity contribution in [1.29, 1.82) is 5.26 Å². The highest BCUT2D eigenvalue weighted by atomic mass is 32.1. The van der Waals surface area contributed by atoms with Crippen LogP contribution in [0.15, 0.2) is 24.3 Å². The highest BCUT2D eigenvalue weighted by Crippen LogP contribution is 2.39. The van der Waals surface area contributed by atoms with E-state index < -0.39 is 0 Å². The lowest BCUT2D eigenvalue weighted by molar-refractivity contribution is 0.173. The zero-order valence-electron chi connectivity index (χ0n) is 9.85. The molecule has 0 heterocycles. The second-order valence-electron chi connectivity index (χ2n) is 4.76. The molecule has 17 heavy (non-hydrogen) atoms. The molecule has 0 bridgehead atoms. The van der Waals surface area contributed by atoms with Gasteiger partial charge in [-0.1, -0.05) is 25.0 Å². The van der Waals surface area contributed by atoms with Crippen LogP contribution in [0, 0.1) is 16.7 Å². The first-order valence-electron chi connectivity index (χ1n) is 6.02. The van der Waals surface area contributed by atoms with Gasteiger partial charge in [0.25, 0.3) is 0 Å². The van der Waals surface area contributed by atoms with E-state index in [4.69, 9.17) is 10.00 Å². The molecule has 1 aromatic carbocycles. The van der Waals surface area contributed by atoms with E-state index in [2.05, 4.69) is 18.7 Å². The summed E-state index contributed by atoms with van der Waals surface area (Å²) in [6.07, 6.45) is 4.91. The van der Waals surface area contributed by atoms with E-state index in [-0.39, 0.29) is 5.41 Å². The maximum absolute atomic E-state index is 8.99. The molecule has 1 fully saturated rings. The normalized spacial score (nSPS) is 17.6. The van der Waals surface area contributed by atoms with Crippen molar-refractivity contribution >= 4 is 12.6 Å². The third-order valence-electron chi connectivity index (χ3n) is 3.54. The van der Waals surface area contributed by atoms with E-state index in [1.165, 1.54) is 25.7 Å². The summed E-state index contributed by atoms with van der Waals surface area (Å²) < 4.78 is 5.83. The Morgan fingerprint density at radius 2 is 2.00 bits per heavy atom. The summed E-state index contributed by atoms with van der Waals surface area (Å²) in [7, 11) is 0. The summed E-state index contributed by atoms with van der Waals surface area (Å²) in [6, 6.07) is 9.56. The van der Waals surface area contributed by atoms with E-state index in [0.717, 1.165) is 5.75 Å². The molecular formula is C14H17NOS. The van der Waals surface area contributed by atoms with Gasteiger partial charge < -0.3 is 4.74 Å². The van der Waals surface area contributed by atoms with Crippen LogP contribution in [0.2, 0.25) is 0 Å². The molecule has 1 aromatic rings. The first-order chi connectivity index (χ1) is 8.29. The molecule has 0 amide bonds. The van der Waals surface area contributed by atoms with Crippen LogP contribution in [0.4, 0.5) is 0 Å². The largest absolute Gasteiger partial charge is 0.492 e. The van der Waals surface area contributed by atoms with E-state index in [1.807, 2.05) is 18.2 Å². The second-order valence-corrected chi connectivity index (χ2v) is 5.08. The fourth-order valence-electron chi connectivity index (χ4n) is 2.39. The van der Waals surface area contributed by atoms with Crippen molar-refractivity contribution in [3.63, 3.8) is 0 Å². The van der Waals surface area contributed by atoms with E-state index in [9.17, 15) is 0 Å². The number of ether oxygens (including phenoxy) is 1. The van der Waals surface area contributed by atoms with Crippen LogP contribution in [0.1, 0.15) is 31.2 Å². The van der Waals surface area contributed by atoms with Gasteiger partial charge in [0.1, 0.15) is 11.8 Å². The van der Waals surface area contributed by atoms with Crippen molar-refractivity contribution in [3.05, 3.63) is 29.8 Å². The lowest BCUT2D eigenvalue weighted by Crippen LogP contribution is -2.27. The van der Waals surface area contributed by atoms with Gasteiger partial charge in [-0.3, -0.25) is 0 Å². The summed E-state index contributed by atoms with van der Waals surface area (Å²) in [6.45, 7) is 0.676. The van der Waals surface area contributed by atoms with Gasteiger partial charge in [-0.2, -0.15) is 17.9 Å². The van der Waals surface area contributed by atoms with Gasteiger partial charge in [0, 0.05) is 5.41 Å². The summed E-state index contributed by atoms with van der Waals surface area (Å²) in [5.41, 5.74) is 0.825. The third-order valence-corrected chi connectivity index (χ3v) is 4.21. The molecule has 0 spiro atoms. The maximum atomic E-state index is 8.99. The Labute approximate surface area is 108 Å². The standard InChI is InChI=1S/C14H17NOS/c15-9-12-5-1-2-6-13(12)16-10-14(11-17)7-3-4-8-14/h1-2,5-6,17H,3-4,7-8,10-11H2. The molecule has 0 aromatic heterocycles. The zero-order chi connectivity index (χ0) is 12.1. The van der Waals surface area contributed by atoms with Crippen molar-refractivity contribution in [1.82, 2.24) is 0 Å². The molecule has 1 saturated carbocycles. The van der Waals surface area contributed by atoms with Gasteiger partial charge in [-0.25, -0.2) is 0 Å². The molecule has 0 atom stereocenters. The molecule has 0 radical (unpaired) electrons. The molecule has 1 aliphatic rings. The average Bonchev–Trinajstić information content (AvgIpc) is 2.86. The molecule has 0 unspecified atom stereocenters. The van der Waals surface area contributed by atoms with E-state index in [1.54, 1.807) is 6.07 Å². The highest BCUT2D eigenvalue weighted by Gasteiger charge is 2.33. The molecule has 1 aliphatic carbocycles. The fraction of sp³-hybridized carbons (Fsp3) is 0.500. The van der Waals surface area contributed by atoms with Crippen LogP contribution < -0.4 is 4.74 Å². The van der Waals surface area contributed by atoms with Gasteiger partial charge in [-0.05, 0) is 30.7 Å². The first kappa shape index (κ1) is 12.3. The third kappa shape index (κ3) is 2.76. The van der Waals surface area contributed by atoms with Crippen molar-refractivity contribution in [3.8, 4) is 11.8 Å². The quantitative estimate of drug-likeness (QED) is 0.827. The van der Waals surface area contributed by atoms with E-state index >= 15 is 0 Å².